The fourth-order valence-corrected chi connectivity index (χ4v) is 2.89. The van der Waals surface area contributed by atoms with Crippen LogP contribution in [0, 0.1) is 0 Å². The minimum atomic E-state index is -0.767. The van der Waals surface area contributed by atoms with Crippen LogP contribution in [0.3, 0.4) is 0 Å². The van der Waals surface area contributed by atoms with E-state index in [1.165, 1.54) is 21.3 Å². The molecule has 1 heterocycles. The first-order valence-corrected chi connectivity index (χ1v) is 7.68. The summed E-state index contributed by atoms with van der Waals surface area (Å²) in [5.74, 6) is -2.11. The number of carbonyl (C=O) groups excluding carboxylic acids is 1. The lowest BCUT2D eigenvalue weighted by molar-refractivity contribution is 0.0833. The number of phenols is 3. The van der Waals surface area contributed by atoms with E-state index >= 15 is 0 Å². The second-order valence-electron chi connectivity index (χ2n) is 5.66. The van der Waals surface area contributed by atoms with Gasteiger partial charge < -0.3 is 34.3 Å². The molecule has 8 nitrogen and oxygen atoms in total. The molecule has 0 saturated heterocycles. The van der Waals surface area contributed by atoms with Crippen LogP contribution in [0.5, 0.6) is 40.2 Å². The van der Waals surface area contributed by atoms with Gasteiger partial charge in [-0.15, -0.1) is 0 Å². The predicted octanol–water partition coefficient (Wildman–Crippen LogP) is 2.54. The summed E-state index contributed by atoms with van der Waals surface area (Å²) < 4.78 is 21.0. The molecule has 0 aromatic heterocycles. The third-order valence-corrected chi connectivity index (χ3v) is 4.19. The van der Waals surface area contributed by atoms with Crippen LogP contribution in [0.15, 0.2) is 18.2 Å². The Bertz CT molecular complexity index is 852. The summed E-state index contributed by atoms with van der Waals surface area (Å²) in [5.41, 5.74) is 0.345. The van der Waals surface area contributed by atoms with E-state index in [0.29, 0.717) is 17.1 Å². The number of hydrogen-bond acceptors (Lipinski definition) is 8. The maximum atomic E-state index is 12.6. The molecule has 2 aromatic carbocycles. The summed E-state index contributed by atoms with van der Waals surface area (Å²) in [4.78, 5) is 12.6. The molecule has 0 bridgehead atoms. The Morgan fingerprint density at radius 3 is 2.08 bits per heavy atom. The Morgan fingerprint density at radius 2 is 1.54 bits per heavy atom. The van der Waals surface area contributed by atoms with Gasteiger partial charge in [-0.2, -0.15) is 0 Å². The van der Waals surface area contributed by atoms with Crippen LogP contribution in [-0.2, 0) is 0 Å². The van der Waals surface area contributed by atoms with Crippen molar-refractivity contribution in [1.29, 1.82) is 0 Å². The zero-order valence-electron chi connectivity index (χ0n) is 14.4. The number of rotatable bonds is 4. The molecule has 1 unspecified atom stereocenters. The number of Topliss-reactive ketones (excluding diaryl/α,β-unsaturated/α-hetero) is 1. The van der Waals surface area contributed by atoms with E-state index in [0.717, 1.165) is 0 Å². The van der Waals surface area contributed by atoms with Gasteiger partial charge in [0, 0.05) is 11.6 Å². The Balaban J connectivity index is 2.10. The molecular formula is C18H18O8. The highest BCUT2D eigenvalue weighted by Gasteiger charge is 2.37. The normalized spacial score (nSPS) is 15.8. The number of hydrogen-bond donors (Lipinski definition) is 3. The molecule has 2 aromatic rings. The zero-order valence-corrected chi connectivity index (χ0v) is 14.4. The lowest BCUT2D eigenvalue weighted by Gasteiger charge is -2.28. The molecule has 0 amide bonds. The van der Waals surface area contributed by atoms with Crippen LogP contribution in [0.4, 0.5) is 0 Å². The van der Waals surface area contributed by atoms with Gasteiger partial charge in [-0.05, 0) is 12.1 Å². The van der Waals surface area contributed by atoms with Gasteiger partial charge in [-0.25, -0.2) is 0 Å². The summed E-state index contributed by atoms with van der Waals surface area (Å²) >= 11 is 0. The number of carbonyl (C=O) groups is 1. The van der Waals surface area contributed by atoms with Crippen molar-refractivity contribution in [1.82, 2.24) is 0 Å². The van der Waals surface area contributed by atoms with Gasteiger partial charge in [-0.1, -0.05) is 0 Å². The first-order chi connectivity index (χ1) is 12.4. The topological polar surface area (TPSA) is 115 Å². The van der Waals surface area contributed by atoms with Crippen molar-refractivity contribution in [2.24, 2.45) is 0 Å². The molecule has 1 aliphatic rings. The third kappa shape index (κ3) is 2.69. The van der Waals surface area contributed by atoms with Gasteiger partial charge in [0.15, 0.2) is 17.3 Å². The highest BCUT2D eigenvalue weighted by molar-refractivity contribution is 6.05. The molecule has 138 valence electrons. The number of benzene rings is 2. The monoisotopic (exact) mass is 362 g/mol. The number of fused-ring (bicyclic) bond motifs is 1. The Morgan fingerprint density at radius 1 is 0.923 bits per heavy atom. The van der Waals surface area contributed by atoms with Crippen molar-refractivity contribution < 1.29 is 39.1 Å². The second kappa shape index (κ2) is 6.55. The van der Waals surface area contributed by atoms with Crippen molar-refractivity contribution in [3.63, 3.8) is 0 Å². The van der Waals surface area contributed by atoms with Gasteiger partial charge >= 0.3 is 0 Å². The van der Waals surface area contributed by atoms with Gasteiger partial charge in [-0.3, -0.25) is 4.79 Å². The molecular weight excluding hydrogens is 344 g/mol. The SMILES string of the molecule is COc1cc(OC)cc(C2CC(=O)c3c(O)c(OC)c(O)c(O)c3O2)c1. The van der Waals surface area contributed by atoms with Gasteiger partial charge in [0.25, 0.3) is 0 Å². The largest absolute Gasteiger partial charge is 0.504 e. The van der Waals surface area contributed by atoms with E-state index in [4.69, 9.17) is 18.9 Å². The predicted molar refractivity (Wildman–Crippen MR) is 89.9 cm³/mol. The van der Waals surface area contributed by atoms with E-state index in [1.807, 2.05) is 0 Å². The molecule has 0 saturated carbocycles. The van der Waals surface area contributed by atoms with Crippen molar-refractivity contribution in [2.45, 2.75) is 12.5 Å². The number of ketones is 1. The summed E-state index contributed by atoms with van der Waals surface area (Å²) in [6.45, 7) is 0. The van der Waals surface area contributed by atoms with Gasteiger partial charge in [0.1, 0.15) is 23.2 Å². The third-order valence-electron chi connectivity index (χ3n) is 4.19. The first kappa shape index (κ1) is 17.5. The molecule has 8 heteroatoms. The fraction of sp³-hybridized carbons (Fsp3) is 0.278. The number of phenolic OH excluding ortho intramolecular Hbond substituents is 3. The lowest BCUT2D eigenvalue weighted by atomic mass is 9.94. The Labute approximate surface area is 149 Å². The van der Waals surface area contributed by atoms with Crippen LogP contribution in [0.25, 0.3) is 0 Å². The molecule has 0 spiro atoms. The minimum Gasteiger partial charge on any atom is -0.504 e. The summed E-state index contributed by atoms with van der Waals surface area (Å²) in [7, 11) is 4.18. The smallest absolute Gasteiger partial charge is 0.208 e. The number of ether oxygens (including phenoxy) is 4. The maximum Gasteiger partial charge on any atom is 0.208 e. The minimum absolute atomic E-state index is 0.0930. The molecule has 1 aliphatic heterocycles. The van der Waals surface area contributed by atoms with Crippen molar-refractivity contribution in [3.8, 4) is 40.2 Å². The molecule has 1 atom stereocenters. The number of aromatic hydroxyl groups is 3. The maximum absolute atomic E-state index is 12.6. The van der Waals surface area contributed by atoms with E-state index in [-0.39, 0.29) is 23.5 Å². The molecule has 3 rings (SSSR count). The Kier molecular flexibility index (Phi) is 4.41. The lowest BCUT2D eigenvalue weighted by Crippen LogP contribution is -2.21. The number of methoxy groups -OCH3 is 3. The summed E-state index contributed by atoms with van der Waals surface area (Å²) in [5, 5.41) is 30.4. The molecule has 0 aliphatic carbocycles. The molecule has 3 N–H and O–H groups in total. The van der Waals surface area contributed by atoms with E-state index < -0.39 is 29.1 Å². The van der Waals surface area contributed by atoms with E-state index in [2.05, 4.69) is 0 Å². The standard InChI is InChI=1S/C18H18O8/c1-23-9-4-8(5-10(6-9)24-2)12-7-11(19)13-14(20)18(25-3)16(22)15(21)17(13)26-12/h4-6,12,20-22H,7H2,1-3H3. The molecule has 0 fully saturated rings. The van der Waals surface area contributed by atoms with E-state index in [9.17, 15) is 20.1 Å². The molecule has 26 heavy (non-hydrogen) atoms. The first-order valence-electron chi connectivity index (χ1n) is 7.68. The second-order valence-corrected chi connectivity index (χ2v) is 5.66. The van der Waals surface area contributed by atoms with Crippen molar-refractivity contribution in [2.75, 3.05) is 21.3 Å². The van der Waals surface area contributed by atoms with Crippen LogP contribution >= 0.6 is 0 Å². The molecule has 0 radical (unpaired) electrons. The van der Waals surface area contributed by atoms with Gasteiger partial charge in [0.05, 0.1) is 27.8 Å². The van der Waals surface area contributed by atoms with E-state index in [1.54, 1.807) is 18.2 Å². The summed E-state index contributed by atoms with van der Waals surface area (Å²) in [6.07, 6.45) is -0.860. The highest BCUT2D eigenvalue weighted by atomic mass is 16.5. The van der Waals surface area contributed by atoms with Gasteiger partial charge in [0.2, 0.25) is 17.2 Å². The average Bonchev–Trinajstić information content (AvgIpc) is 2.65. The van der Waals surface area contributed by atoms with Crippen LogP contribution < -0.4 is 18.9 Å². The Hall–Kier alpha value is -3.29. The van der Waals surface area contributed by atoms with Crippen LogP contribution in [0.1, 0.15) is 28.4 Å². The zero-order chi connectivity index (χ0) is 19.0. The highest BCUT2D eigenvalue weighted by Crippen LogP contribution is 2.55. The van der Waals surface area contributed by atoms with Crippen molar-refractivity contribution in [3.05, 3.63) is 29.3 Å². The summed E-state index contributed by atoms with van der Waals surface area (Å²) in [6, 6.07) is 5.01. The quantitative estimate of drug-likeness (QED) is 0.561. The van der Waals surface area contributed by atoms with Crippen LogP contribution in [-0.4, -0.2) is 42.4 Å². The van der Waals surface area contributed by atoms with Crippen LogP contribution in [0.2, 0.25) is 0 Å². The van der Waals surface area contributed by atoms with Crippen molar-refractivity contribution >= 4 is 5.78 Å². The average molecular weight is 362 g/mol. The fourth-order valence-electron chi connectivity index (χ4n) is 2.89.